The van der Waals surface area contributed by atoms with E-state index in [1.54, 1.807) is 0 Å². The van der Waals surface area contributed by atoms with Gasteiger partial charge in [0.2, 0.25) is 5.91 Å². The third kappa shape index (κ3) is 1.64. The summed E-state index contributed by atoms with van der Waals surface area (Å²) in [6.07, 6.45) is 0. The molecule has 4 rings (SSSR count). The molecule has 0 saturated carbocycles. The number of rotatable bonds is 1. The molecule has 98 valence electrons. The maximum Gasteiger partial charge on any atom is 0.246 e. The first-order chi connectivity index (χ1) is 9.83. The summed E-state index contributed by atoms with van der Waals surface area (Å²) >= 11 is 1.49. The zero-order valence-electron chi connectivity index (χ0n) is 10.3. The number of hydrogen-bond acceptors (Lipinski definition) is 5. The van der Waals surface area contributed by atoms with Gasteiger partial charge in [0.15, 0.2) is 5.82 Å². The van der Waals surface area contributed by atoms with Crippen molar-refractivity contribution in [3.63, 3.8) is 0 Å². The highest BCUT2D eigenvalue weighted by molar-refractivity contribution is 7.15. The third-order valence-corrected chi connectivity index (χ3v) is 4.07. The van der Waals surface area contributed by atoms with E-state index in [2.05, 4.69) is 20.8 Å². The summed E-state index contributed by atoms with van der Waals surface area (Å²) in [5.41, 5.74) is 3.00. The number of thiophene rings is 1. The van der Waals surface area contributed by atoms with E-state index >= 15 is 0 Å². The van der Waals surface area contributed by atoms with Crippen molar-refractivity contribution in [1.29, 1.82) is 0 Å². The van der Waals surface area contributed by atoms with E-state index in [1.165, 1.54) is 16.0 Å². The fraction of sp³-hybridized carbons (Fsp3) is 0.0769. The smallest absolute Gasteiger partial charge is 0.246 e. The standard InChI is InChI=1S/C13H9N5OS/c19-10-6-18-12(15-16-17-18)11-9(7-20-13(11)14-10)8-4-2-1-3-5-8/h1-5,7H,6H2,(H,14,19). The lowest BCUT2D eigenvalue weighted by molar-refractivity contribution is -0.116. The highest BCUT2D eigenvalue weighted by Crippen LogP contribution is 2.42. The topological polar surface area (TPSA) is 72.7 Å². The molecule has 1 amide bonds. The number of benzene rings is 1. The summed E-state index contributed by atoms with van der Waals surface area (Å²) in [5, 5.41) is 17.3. The first-order valence-corrected chi connectivity index (χ1v) is 6.94. The average molecular weight is 283 g/mol. The van der Waals surface area contributed by atoms with Crippen LogP contribution in [0.25, 0.3) is 22.5 Å². The number of nitrogens with zero attached hydrogens (tertiary/aromatic N) is 4. The Labute approximate surface area is 118 Å². The molecule has 2 aromatic heterocycles. The van der Waals surface area contributed by atoms with E-state index < -0.39 is 0 Å². The van der Waals surface area contributed by atoms with Gasteiger partial charge in [-0.2, -0.15) is 0 Å². The van der Waals surface area contributed by atoms with Crippen LogP contribution in [0.1, 0.15) is 0 Å². The molecule has 0 aliphatic carbocycles. The minimum absolute atomic E-state index is 0.112. The molecule has 0 atom stereocenters. The second-order valence-corrected chi connectivity index (χ2v) is 5.31. The highest BCUT2D eigenvalue weighted by atomic mass is 32.1. The largest absolute Gasteiger partial charge is 0.315 e. The Balaban J connectivity index is 1.99. The summed E-state index contributed by atoms with van der Waals surface area (Å²) in [7, 11) is 0. The Morgan fingerprint density at radius 3 is 2.95 bits per heavy atom. The van der Waals surface area contributed by atoms with Crippen molar-refractivity contribution >= 4 is 22.2 Å². The monoisotopic (exact) mass is 283 g/mol. The predicted molar refractivity (Wildman–Crippen MR) is 75.2 cm³/mol. The van der Waals surface area contributed by atoms with Crippen LogP contribution in [0.15, 0.2) is 35.7 Å². The number of hydrogen-bond donors (Lipinski definition) is 1. The summed E-state index contributed by atoms with van der Waals surface area (Å²) < 4.78 is 1.53. The zero-order valence-corrected chi connectivity index (χ0v) is 11.1. The van der Waals surface area contributed by atoms with Gasteiger partial charge in [-0.1, -0.05) is 30.3 Å². The first-order valence-electron chi connectivity index (χ1n) is 6.06. The van der Waals surface area contributed by atoms with Crippen molar-refractivity contribution in [3.8, 4) is 22.5 Å². The number of aromatic nitrogens is 4. The van der Waals surface area contributed by atoms with Crippen molar-refractivity contribution in [2.24, 2.45) is 0 Å². The van der Waals surface area contributed by atoms with Gasteiger partial charge in [0, 0.05) is 10.9 Å². The molecule has 0 bridgehead atoms. The Hall–Kier alpha value is -2.54. The van der Waals surface area contributed by atoms with E-state index in [-0.39, 0.29) is 12.5 Å². The number of tetrazole rings is 1. The van der Waals surface area contributed by atoms with Gasteiger partial charge in [0.05, 0.1) is 5.56 Å². The van der Waals surface area contributed by atoms with Gasteiger partial charge >= 0.3 is 0 Å². The van der Waals surface area contributed by atoms with E-state index in [9.17, 15) is 4.79 Å². The van der Waals surface area contributed by atoms with Gasteiger partial charge in [-0.25, -0.2) is 4.68 Å². The third-order valence-electron chi connectivity index (χ3n) is 3.18. The number of carbonyl (C=O) groups is 1. The zero-order chi connectivity index (χ0) is 13.5. The predicted octanol–water partition coefficient (Wildman–Crippen LogP) is 2.02. The molecule has 1 aliphatic heterocycles. The molecule has 20 heavy (non-hydrogen) atoms. The van der Waals surface area contributed by atoms with E-state index in [0.29, 0.717) is 5.82 Å². The van der Waals surface area contributed by atoms with Gasteiger partial charge < -0.3 is 5.32 Å². The second-order valence-electron chi connectivity index (χ2n) is 4.43. The van der Waals surface area contributed by atoms with Crippen molar-refractivity contribution in [2.75, 3.05) is 5.32 Å². The van der Waals surface area contributed by atoms with Crippen LogP contribution in [-0.2, 0) is 11.3 Å². The highest BCUT2D eigenvalue weighted by Gasteiger charge is 2.26. The summed E-state index contributed by atoms with van der Waals surface area (Å²) in [5.74, 6) is 0.511. The molecule has 1 N–H and O–H groups in total. The SMILES string of the molecule is O=C1Cn2nnnc2-c2c(-c3ccccc3)csc2N1. The fourth-order valence-corrected chi connectivity index (χ4v) is 3.28. The number of amides is 1. The van der Waals surface area contributed by atoms with Crippen LogP contribution < -0.4 is 5.32 Å². The lowest BCUT2D eigenvalue weighted by Crippen LogP contribution is -2.17. The molecule has 1 aliphatic rings. The maximum atomic E-state index is 11.8. The average Bonchev–Trinajstić information content (AvgIpc) is 3.04. The van der Waals surface area contributed by atoms with Crippen LogP contribution in [0.2, 0.25) is 0 Å². The van der Waals surface area contributed by atoms with Gasteiger partial charge in [-0.05, 0) is 16.0 Å². The van der Waals surface area contributed by atoms with Crippen molar-refractivity contribution in [1.82, 2.24) is 20.2 Å². The Morgan fingerprint density at radius 1 is 1.25 bits per heavy atom. The Morgan fingerprint density at radius 2 is 2.10 bits per heavy atom. The molecular weight excluding hydrogens is 274 g/mol. The maximum absolute atomic E-state index is 11.8. The molecular formula is C13H9N5OS. The summed E-state index contributed by atoms with van der Waals surface area (Å²) in [6, 6.07) is 10.0. The van der Waals surface area contributed by atoms with Crippen molar-refractivity contribution in [2.45, 2.75) is 6.54 Å². The van der Waals surface area contributed by atoms with Crippen LogP contribution in [0.5, 0.6) is 0 Å². The Kier molecular flexibility index (Phi) is 2.40. The summed E-state index contributed by atoms with van der Waals surface area (Å²) in [4.78, 5) is 11.8. The van der Waals surface area contributed by atoms with E-state index in [0.717, 1.165) is 21.7 Å². The number of carbonyl (C=O) groups excluding carboxylic acids is 1. The van der Waals surface area contributed by atoms with Gasteiger partial charge in [0.25, 0.3) is 0 Å². The molecule has 6 nitrogen and oxygen atoms in total. The van der Waals surface area contributed by atoms with Gasteiger partial charge in [-0.3, -0.25) is 4.79 Å². The molecule has 0 radical (unpaired) electrons. The lowest BCUT2D eigenvalue weighted by Gasteiger charge is -2.03. The molecule has 7 heteroatoms. The molecule has 1 aromatic carbocycles. The van der Waals surface area contributed by atoms with Crippen molar-refractivity contribution in [3.05, 3.63) is 35.7 Å². The fourth-order valence-electron chi connectivity index (χ4n) is 2.29. The van der Waals surface area contributed by atoms with Crippen LogP contribution in [0.4, 0.5) is 5.00 Å². The molecule has 3 aromatic rings. The van der Waals surface area contributed by atoms with Gasteiger partial charge in [0.1, 0.15) is 11.5 Å². The molecule has 3 heterocycles. The molecule has 0 unspecified atom stereocenters. The minimum atomic E-state index is -0.112. The van der Waals surface area contributed by atoms with Crippen LogP contribution in [0, 0.1) is 0 Å². The second kappa shape index (κ2) is 4.24. The molecule has 0 saturated heterocycles. The quantitative estimate of drug-likeness (QED) is 0.741. The van der Waals surface area contributed by atoms with E-state index in [1.807, 2.05) is 35.7 Å². The number of fused-ring (bicyclic) bond motifs is 3. The number of nitrogens with one attached hydrogen (secondary N) is 1. The van der Waals surface area contributed by atoms with Gasteiger partial charge in [-0.15, -0.1) is 16.4 Å². The first kappa shape index (κ1) is 11.3. The lowest BCUT2D eigenvalue weighted by atomic mass is 10.0. The Bertz CT molecular complexity index is 792. The van der Waals surface area contributed by atoms with Crippen LogP contribution in [-0.4, -0.2) is 26.1 Å². The van der Waals surface area contributed by atoms with E-state index in [4.69, 9.17) is 0 Å². The molecule has 0 fully saturated rings. The molecule has 0 spiro atoms. The summed E-state index contributed by atoms with van der Waals surface area (Å²) in [6.45, 7) is 0.137. The van der Waals surface area contributed by atoms with Crippen LogP contribution in [0.3, 0.4) is 0 Å². The van der Waals surface area contributed by atoms with Crippen LogP contribution >= 0.6 is 11.3 Å². The normalized spacial score (nSPS) is 13.3. The number of anilines is 1. The minimum Gasteiger partial charge on any atom is -0.315 e. The van der Waals surface area contributed by atoms with Crippen molar-refractivity contribution < 1.29 is 4.79 Å².